The maximum Gasteiger partial charge on any atom is 0.125 e. The molecule has 108 valence electrons. The number of nitrogens with zero attached hydrogens (tertiary/aromatic N) is 2. The van der Waals surface area contributed by atoms with Crippen molar-refractivity contribution in [2.75, 3.05) is 7.11 Å². The quantitative estimate of drug-likeness (QED) is 0.932. The molecule has 0 radical (unpaired) electrons. The van der Waals surface area contributed by atoms with Crippen molar-refractivity contribution in [2.24, 2.45) is 0 Å². The number of aliphatic hydroxyl groups excluding tert-OH is 1. The molecule has 0 bridgehead atoms. The van der Waals surface area contributed by atoms with E-state index in [0.717, 1.165) is 40.4 Å². The third kappa shape index (κ3) is 2.56. The Kier molecular flexibility index (Phi) is 4.14. The average molecular weight is 274 g/mol. The summed E-state index contributed by atoms with van der Waals surface area (Å²) in [7, 11) is 1.63. The molecule has 2 aromatic rings. The van der Waals surface area contributed by atoms with Crippen molar-refractivity contribution in [3.63, 3.8) is 0 Å². The van der Waals surface area contributed by atoms with Gasteiger partial charge in [-0.05, 0) is 51.0 Å². The van der Waals surface area contributed by atoms with E-state index in [0.29, 0.717) is 0 Å². The predicted octanol–water partition coefficient (Wildman–Crippen LogP) is 2.92. The van der Waals surface area contributed by atoms with Crippen molar-refractivity contribution < 1.29 is 9.84 Å². The van der Waals surface area contributed by atoms with E-state index in [1.54, 1.807) is 7.11 Å². The van der Waals surface area contributed by atoms with Gasteiger partial charge >= 0.3 is 0 Å². The second-order valence-corrected chi connectivity index (χ2v) is 5.13. The first kappa shape index (κ1) is 14.6. The van der Waals surface area contributed by atoms with Crippen molar-refractivity contribution in [3.8, 4) is 5.75 Å². The normalized spacial score (nSPS) is 12.5. The highest BCUT2D eigenvalue weighted by molar-refractivity contribution is 5.47. The molecule has 0 aliphatic carbocycles. The van der Waals surface area contributed by atoms with Crippen LogP contribution in [0.4, 0.5) is 0 Å². The van der Waals surface area contributed by atoms with Gasteiger partial charge in [0.05, 0.1) is 18.5 Å². The lowest BCUT2D eigenvalue weighted by Gasteiger charge is -2.19. The van der Waals surface area contributed by atoms with Crippen LogP contribution < -0.4 is 4.74 Å². The summed E-state index contributed by atoms with van der Waals surface area (Å²) in [6.07, 6.45) is -0.730. The summed E-state index contributed by atoms with van der Waals surface area (Å²) in [5.41, 5.74) is 4.67. The number of ether oxygens (including phenoxy) is 1. The molecule has 1 N–H and O–H groups in total. The van der Waals surface area contributed by atoms with E-state index < -0.39 is 6.10 Å². The van der Waals surface area contributed by atoms with E-state index in [4.69, 9.17) is 4.74 Å². The molecular weight excluding hydrogens is 252 g/mol. The van der Waals surface area contributed by atoms with Gasteiger partial charge in [-0.15, -0.1) is 0 Å². The summed E-state index contributed by atoms with van der Waals surface area (Å²) in [6.45, 7) is 8.69. The van der Waals surface area contributed by atoms with Crippen molar-refractivity contribution in [1.29, 1.82) is 0 Å². The van der Waals surface area contributed by atoms with Crippen LogP contribution in [0, 0.1) is 20.8 Å². The topological polar surface area (TPSA) is 47.3 Å². The molecule has 0 spiro atoms. The first-order chi connectivity index (χ1) is 9.47. The summed E-state index contributed by atoms with van der Waals surface area (Å²) in [6, 6.07) is 5.93. The monoisotopic (exact) mass is 274 g/mol. The highest BCUT2D eigenvalue weighted by Gasteiger charge is 2.22. The second kappa shape index (κ2) is 5.67. The first-order valence-electron chi connectivity index (χ1n) is 6.85. The molecule has 0 aliphatic heterocycles. The maximum absolute atomic E-state index is 10.8. The molecule has 1 atom stereocenters. The van der Waals surface area contributed by atoms with Crippen molar-refractivity contribution in [3.05, 3.63) is 46.3 Å². The molecule has 1 unspecified atom stereocenters. The fourth-order valence-electron chi connectivity index (χ4n) is 2.65. The van der Waals surface area contributed by atoms with Crippen LogP contribution >= 0.6 is 0 Å². The SMILES string of the molecule is CCn1nc(C)cc1C(O)c1c(C)cc(C)cc1OC. The Morgan fingerprint density at radius 3 is 2.55 bits per heavy atom. The molecule has 4 nitrogen and oxygen atoms in total. The lowest BCUT2D eigenvalue weighted by molar-refractivity contribution is 0.202. The molecule has 0 aliphatic rings. The van der Waals surface area contributed by atoms with Gasteiger partial charge in [-0.1, -0.05) is 6.07 Å². The zero-order chi connectivity index (χ0) is 14.9. The fourth-order valence-corrected chi connectivity index (χ4v) is 2.65. The van der Waals surface area contributed by atoms with Crippen LogP contribution in [0.2, 0.25) is 0 Å². The molecule has 0 saturated heterocycles. The van der Waals surface area contributed by atoms with Crippen molar-refractivity contribution >= 4 is 0 Å². The molecule has 1 aromatic carbocycles. The number of aryl methyl sites for hydroxylation is 4. The minimum absolute atomic E-state index is 0.719. The van der Waals surface area contributed by atoms with Gasteiger partial charge in [-0.3, -0.25) is 4.68 Å². The van der Waals surface area contributed by atoms with E-state index in [1.165, 1.54) is 0 Å². The Bertz CT molecular complexity index is 617. The van der Waals surface area contributed by atoms with E-state index in [-0.39, 0.29) is 0 Å². The standard InChI is InChI=1S/C16H22N2O2/c1-6-18-13(9-12(4)17-18)16(19)15-11(3)7-10(2)8-14(15)20-5/h7-9,16,19H,6H2,1-5H3. The zero-order valence-electron chi connectivity index (χ0n) is 12.8. The zero-order valence-corrected chi connectivity index (χ0v) is 12.8. The van der Waals surface area contributed by atoms with Gasteiger partial charge in [0.15, 0.2) is 0 Å². The van der Waals surface area contributed by atoms with Crippen LogP contribution in [-0.2, 0) is 6.54 Å². The molecule has 0 amide bonds. The lowest BCUT2D eigenvalue weighted by Crippen LogP contribution is -2.11. The number of rotatable bonds is 4. The minimum Gasteiger partial charge on any atom is -0.496 e. The van der Waals surface area contributed by atoms with Crippen molar-refractivity contribution in [1.82, 2.24) is 9.78 Å². The number of hydrogen-bond donors (Lipinski definition) is 1. The van der Waals surface area contributed by atoms with Crippen molar-refractivity contribution in [2.45, 2.75) is 40.3 Å². The van der Waals surface area contributed by atoms with Gasteiger partial charge in [0.2, 0.25) is 0 Å². The summed E-state index contributed by atoms with van der Waals surface area (Å²) in [4.78, 5) is 0. The first-order valence-corrected chi connectivity index (χ1v) is 6.85. The number of hydrogen-bond acceptors (Lipinski definition) is 3. The van der Waals surface area contributed by atoms with Crippen LogP contribution in [0.1, 0.15) is 41.1 Å². The number of methoxy groups -OCH3 is 1. The molecule has 0 saturated carbocycles. The highest BCUT2D eigenvalue weighted by atomic mass is 16.5. The third-order valence-corrected chi connectivity index (χ3v) is 3.50. The van der Waals surface area contributed by atoms with Crippen LogP contribution in [0.5, 0.6) is 5.75 Å². The summed E-state index contributed by atoms with van der Waals surface area (Å²) in [5, 5.41) is 15.2. The Hall–Kier alpha value is -1.81. The van der Waals surface area contributed by atoms with E-state index in [9.17, 15) is 5.11 Å². The van der Waals surface area contributed by atoms with Crippen LogP contribution in [-0.4, -0.2) is 22.0 Å². The number of aliphatic hydroxyl groups is 1. The summed E-state index contributed by atoms with van der Waals surface area (Å²) < 4.78 is 7.27. The van der Waals surface area contributed by atoms with Gasteiger partial charge in [0.1, 0.15) is 11.9 Å². The third-order valence-electron chi connectivity index (χ3n) is 3.50. The predicted molar refractivity (Wildman–Crippen MR) is 79.2 cm³/mol. The maximum atomic E-state index is 10.8. The van der Waals surface area contributed by atoms with E-state index >= 15 is 0 Å². The summed E-state index contributed by atoms with van der Waals surface area (Å²) in [5.74, 6) is 0.719. The Labute approximate surface area is 120 Å². The molecule has 2 rings (SSSR count). The Morgan fingerprint density at radius 2 is 1.95 bits per heavy atom. The van der Waals surface area contributed by atoms with E-state index in [2.05, 4.69) is 11.2 Å². The molecular formula is C16H22N2O2. The van der Waals surface area contributed by atoms with Gasteiger partial charge in [0.25, 0.3) is 0 Å². The smallest absolute Gasteiger partial charge is 0.125 e. The van der Waals surface area contributed by atoms with E-state index in [1.807, 2.05) is 44.5 Å². The molecule has 20 heavy (non-hydrogen) atoms. The fraction of sp³-hybridized carbons (Fsp3) is 0.438. The van der Waals surface area contributed by atoms with Gasteiger partial charge in [-0.2, -0.15) is 5.10 Å². The average Bonchev–Trinajstić information content (AvgIpc) is 2.78. The lowest BCUT2D eigenvalue weighted by atomic mass is 9.97. The largest absolute Gasteiger partial charge is 0.496 e. The number of benzene rings is 1. The minimum atomic E-state index is -0.730. The molecule has 0 fully saturated rings. The Morgan fingerprint density at radius 1 is 1.25 bits per heavy atom. The van der Waals surface area contributed by atoms with Crippen LogP contribution in [0.15, 0.2) is 18.2 Å². The highest BCUT2D eigenvalue weighted by Crippen LogP contribution is 2.34. The van der Waals surface area contributed by atoms with Gasteiger partial charge < -0.3 is 9.84 Å². The number of aromatic nitrogens is 2. The molecule has 4 heteroatoms. The van der Waals surface area contributed by atoms with Gasteiger partial charge in [0, 0.05) is 12.1 Å². The molecule has 1 aromatic heterocycles. The summed E-state index contributed by atoms with van der Waals surface area (Å²) >= 11 is 0. The van der Waals surface area contributed by atoms with Gasteiger partial charge in [-0.25, -0.2) is 0 Å². The second-order valence-electron chi connectivity index (χ2n) is 5.13. The molecule has 1 heterocycles. The van der Waals surface area contributed by atoms with Crippen LogP contribution in [0.3, 0.4) is 0 Å². The van der Waals surface area contributed by atoms with Crippen LogP contribution in [0.25, 0.3) is 0 Å². The Balaban J connectivity index is 2.55.